The van der Waals surface area contributed by atoms with E-state index in [2.05, 4.69) is 4.74 Å². The van der Waals surface area contributed by atoms with Crippen LogP contribution in [0.1, 0.15) is 55.2 Å². The first-order valence-corrected chi connectivity index (χ1v) is 13.6. The van der Waals surface area contributed by atoms with Gasteiger partial charge >= 0.3 is 12.3 Å². The highest BCUT2D eigenvalue weighted by Crippen LogP contribution is 2.52. The molecule has 1 saturated heterocycles. The molecule has 40 heavy (non-hydrogen) atoms. The molecule has 1 aromatic heterocycles. The van der Waals surface area contributed by atoms with Gasteiger partial charge in [-0.1, -0.05) is 41.4 Å². The van der Waals surface area contributed by atoms with Crippen LogP contribution in [0.15, 0.2) is 60.8 Å². The highest BCUT2D eigenvalue weighted by Gasteiger charge is 2.52. The normalized spacial score (nSPS) is 20.1. The van der Waals surface area contributed by atoms with Gasteiger partial charge in [-0.15, -0.1) is 13.2 Å². The summed E-state index contributed by atoms with van der Waals surface area (Å²) in [6, 6.07) is 14.5. The molecule has 6 nitrogen and oxygen atoms in total. The van der Waals surface area contributed by atoms with E-state index in [0.29, 0.717) is 41.5 Å². The number of rotatable bonds is 6. The molecule has 2 aliphatic heterocycles. The van der Waals surface area contributed by atoms with Gasteiger partial charge in [0.25, 0.3) is 0 Å². The molecule has 3 heterocycles. The number of piperidine rings is 1. The van der Waals surface area contributed by atoms with E-state index in [0.717, 1.165) is 16.8 Å². The Hall–Kier alpha value is -2.85. The summed E-state index contributed by atoms with van der Waals surface area (Å²) in [5.74, 6) is -0.859. The van der Waals surface area contributed by atoms with Crippen molar-refractivity contribution >= 4 is 29.2 Å². The van der Waals surface area contributed by atoms with Crippen molar-refractivity contribution in [1.29, 1.82) is 0 Å². The molecule has 2 unspecified atom stereocenters. The smallest absolute Gasteiger partial charge is 0.464 e. The van der Waals surface area contributed by atoms with Crippen molar-refractivity contribution in [2.24, 2.45) is 0 Å². The number of benzene rings is 2. The third-order valence-electron chi connectivity index (χ3n) is 7.61. The van der Waals surface area contributed by atoms with Gasteiger partial charge in [-0.25, -0.2) is 4.79 Å². The monoisotopic (exact) mass is 594 g/mol. The van der Waals surface area contributed by atoms with Gasteiger partial charge in [0.2, 0.25) is 0 Å². The second kappa shape index (κ2) is 10.9. The van der Waals surface area contributed by atoms with Crippen LogP contribution in [0.3, 0.4) is 0 Å². The molecular formula is C29H27Cl2F3N2O4. The van der Waals surface area contributed by atoms with Gasteiger partial charge in [0.05, 0.1) is 12.3 Å². The molecule has 3 aromatic rings. The minimum absolute atomic E-state index is 0.158. The van der Waals surface area contributed by atoms with Crippen molar-refractivity contribution in [1.82, 2.24) is 9.88 Å². The second-order valence-corrected chi connectivity index (χ2v) is 10.9. The Bertz CT molecular complexity index is 1370. The Morgan fingerprint density at radius 1 is 1.10 bits per heavy atom. The van der Waals surface area contributed by atoms with E-state index in [1.807, 2.05) is 29.2 Å². The summed E-state index contributed by atoms with van der Waals surface area (Å²) in [6.07, 6.45) is -2.45. The summed E-state index contributed by atoms with van der Waals surface area (Å²) < 4.78 is 54.3. The van der Waals surface area contributed by atoms with Crippen LogP contribution in [0.2, 0.25) is 10.0 Å². The van der Waals surface area contributed by atoms with Gasteiger partial charge in [0.1, 0.15) is 23.0 Å². The molecule has 0 aliphatic carbocycles. The Balaban J connectivity index is 1.43. The lowest BCUT2D eigenvalue weighted by molar-refractivity contribution is -0.274. The fourth-order valence-corrected chi connectivity index (χ4v) is 6.22. The lowest BCUT2D eigenvalue weighted by Gasteiger charge is -2.46. The summed E-state index contributed by atoms with van der Waals surface area (Å²) in [4.78, 5) is 20.0. The Morgan fingerprint density at radius 2 is 1.75 bits per heavy atom. The number of carbonyl (C=O) groups is 1. The van der Waals surface area contributed by atoms with Crippen LogP contribution in [-0.4, -0.2) is 41.9 Å². The van der Waals surface area contributed by atoms with Crippen molar-refractivity contribution in [3.63, 3.8) is 0 Å². The Labute approximate surface area is 239 Å². The van der Waals surface area contributed by atoms with Crippen LogP contribution in [0.5, 0.6) is 5.75 Å². The minimum Gasteiger partial charge on any atom is -0.464 e. The highest BCUT2D eigenvalue weighted by molar-refractivity contribution is 6.34. The first-order valence-electron chi connectivity index (χ1n) is 12.8. The number of carbonyl (C=O) groups excluding carboxylic acids is 1. The second-order valence-electron chi connectivity index (χ2n) is 9.99. The summed E-state index contributed by atoms with van der Waals surface area (Å²) in [7, 11) is 0. The zero-order valence-electron chi connectivity index (χ0n) is 21.8. The maximum Gasteiger partial charge on any atom is 0.573 e. The third-order valence-corrected chi connectivity index (χ3v) is 8.05. The van der Waals surface area contributed by atoms with Gasteiger partial charge in [-0.05, 0) is 74.2 Å². The lowest BCUT2D eigenvalue weighted by Crippen LogP contribution is -2.56. The number of pyridine rings is 1. The number of alkyl halides is 3. The molecule has 5 rings (SSSR count). The molecule has 0 N–H and O–H groups in total. The van der Waals surface area contributed by atoms with Gasteiger partial charge in [-0.3, -0.25) is 9.88 Å². The molecule has 11 heteroatoms. The van der Waals surface area contributed by atoms with E-state index in [9.17, 15) is 18.0 Å². The van der Waals surface area contributed by atoms with Crippen LogP contribution < -0.4 is 4.74 Å². The van der Waals surface area contributed by atoms with Crippen LogP contribution >= 0.6 is 23.2 Å². The Morgan fingerprint density at radius 3 is 2.35 bits per heavy atom. The molecule has 2 atom stereocenters. The maximum atomic E-state index is 13.3. The zero-order chi connectivity index (χ0) is 28.7. The average molecular weight is 595 g/mol. The number of esters is 1. The van der Waals surface area contributed by atoms with E-state index in [-0.39, 0.29) is 12.4 Å². The quantitative estimate of drug-likeness (QED) is 0.282. The molecular weight excluding hydrogens is 568 g/mol. The van der Waals surface area contributed by atoms with Crippen molar-refractivity contribution in [2.45, 2.75) is 50.3 Å². The van der Waals surface area contributed by atoms with E-state index in [1.54, 1.807) is 26.1 Å². The zero-order valence-corrected chi connectivity index (χ0v) is 23.3. The molecule has 0 amide bonds. The predicted octanol–water partition coefficient (Wildman–Crippen LogP) is 7.18. The topological polar surface area (TPSA) is 60.9 Å². The summed E-state index contributed by atoms with van der Waals surface area (Å²) in [5.41, 5.74) is 1.13. The number of hydrogen-bond donors (Lipinski definition) is 0. The predicted molar refractivity (Wildman–Crippen MR) is 143 cm³/mol. The molecule has 2 aromatic carbocycles. The molecule has 0 radical (unpaired) electrons. The molecule has 1 fully saturated rings. The number of fused-ring (bicyclic) bond motifs is 2. The fraction of sp³-hybridized carbons (Fsp3) is 0.379. The lowest BCUT2D eigenvalue weighted by atomic mass is 9.82. The van der Waals surface area contributed by atoms with Crippen LogP contribution in [-0.2, 0) is 25.4 Å². The maximum absolute atomic E-state index is 13.3. The Kier molecular flexibility index (Phi) is 7.78. The summed E-state index contributed by atoms with van der Waals surface area (Å²) in [6.45, 7) is 4.47. The first kappa shape index (κ1) is 28.7. The molecule has 1 spiro atoms. The summed E-state index contributed by atoms with van der Waals surface area (Å²) in [5, 5.41) is 1.01. The molecule has 0 bridgehead atoms. The number of likely N-dealkylation sites (tertiary alicyclic amines) is 1. The number of hydrogen-bond acceptors (Lipinski definition) is 6. The molecule has 212 valence electrons. The number of ether oxygens (including phenoxy) is 3. The van der Waals surface area contributed by atoms with Crippen LogP contribution in [0.4, 0.5) is 13.2 Å². The first-order chi connectivity index (χ1) is 18.9. The molecule has 2 aliphatic rings. The highest BCUT2D eigenvalue weighted by atomic mass is 35.5. The summed E-state index contributed by atoms with van der Waals surface area (Å²) >= 11 is 12.6. The van der Waals surface area contributed by atoms with E-state index in [4.69, 9.17) is 37.7 Å². The molecule has 0 saturated carbocycles. The SMILES string of the molecule is CCOC(=O)C(C)(c1ccc(OC(F)(F)F)cc1)N1CCC2(CC1)OC(c1cc(Cl)cc(Cl)c1)c1cccnc12. The van der Waals surface area contributed by atoms with Gasteiger partial charge < -0.3 is 14.2 Å². The standard InChI is InChI=1S/C29H27Cl2F3N2O4/c1-3-38-26(37)27(2,19-6-8-22(9-7-19)39-29(32,33)34)36-13-10-28(11-14-36)25-23(5-4-12-35-25)24(40-28)18-15-20(30)17-21(31)16-18/h4-9,12,15-17,24H,3,10-11,13-14H2,1-2H3. The van der Waals surface area contributed by atoms with Crippen LogP contribution in [0, 0.1) is 0 Å². The number of halogens is 5. The fourth-order valence-electron chi connectivity index (χ4n) is 5.68. The van der Waals surface area contributed by atoms with Crippen molar-refractivity contribution in [3.8, 4) is 5.75 Å². The third kappa shape index (κ3) is 5.40. The van der Waals surface area contributed by atoms with E-state index >= 15 is 0 Å². The van der Waals surface area contributed by atoms with Crippen molar-refractivity contribution in [2.75, 3.05) is 19.7 Å². The van der Waals surface area contributed by atoms with E-state index < -0.39 is 29.6 Å². The van der Waals surface area contributed by atoms with Crippen LogP contribution in [0.25, 0.3) is 0 Å². The number of nitrogens with zero attached hydrogens (tertiary/aromatic N) is 2. The van der Waals surface area contributed by atoms with Crippen molar-refractivity contribution < 1.29 is 32.2 Å². The van der Waals surface area contributed by atoms with E-state index in [1.165, 1.54) is 24.3 Å². The minimum atomic E-state index is -4.81. The van der Waals surface area contributed by atoms with Gasteiger partial charge in [-0.2, -0.15) is 0 Å². The van der Waals surface area contributed by atoms with Crippen molar-refractivity contribution in [3.05, 3.63) is 93.2 Å². The van der Waals surface area contributed by atoms with Gasteiger partial charge in [0, 0.05) is 34.9 Å². The average Bonchev–Trinajstić information content (AvgIpc) is 3.22. The number of aromatic nitrogens is 1. The van der Waals surface area contributed by atoms with Gasteiger partial charge in [0.15, 0.2) is 0 Å². The largest absolute Gasteiger partial charge is 0.573 e.